The van der Waals surface area contributed by atoms with E-state index >= 15 is 0 Å². The summed E-state index contributed by atoms with van der Waals surface area (Å²) >= 11 is 3.26. The van der Waals surface area contributed by atoms with Gasteiger partial charge in [0.1, 0.15) is 5.75 Å². The Labute approximate surface area is 105 Å². The van der Waals surface area contributed by atoms with Crippen molar-refractivity contribution < 1.29 is 10.2 Å². The molecule has 0 aliphatic rings. The van der Waals surface area contributed by atoms with Gasteiger partial charge in [0.05, 0.1) is 10.6 Å². The first-order valence-corrected chi connectivity index (χ1v) is 6.16. The summed E-state index contributed by atoms with van der Waals surface area (Å²) in [4.78, 5) is 0. The van der Waals surface area contributed by atoms with Crippen molar-refractivity contribution in [3.63, 3.8) is 0 Å². The quantitative estimate of drug-likeness (QED) is 0.779. The molecular weight excluding hydrogens is 270 g/mol. The zero-order valence-corrected chi connectivity index (χ0v) is 11.2. The van der Waals surface area contributed by atoms with E-state index in [4.69, 9.17) is 0 Å². The van der Waals surface area contributed by atoms with Crippen LogP contribution in [0.2, 0.25) is 0 Å². The molecule has 3 N–H and O–H groups in total. The van der Waals surface area contributed by atoms with Crippen molar-refractivity contribution in [1.29, 1.82) is 0 Å². The minimum absolute atomic E-state index is 0.239. The molecule has 1 atom stereocenters. The normalized spacial score (nSPS) is 13.1. The lowest BCUT2D eigenvalue weighted by Gasteiger charge is -2.15. The summed E-state index contributed by atoms with van der Waals surface area (Å²) < 4.78 is 0.691. The number of nitrogens with one attached hydrogen (secondary N) is 1. The second-order valence-corrected chi connectivity index (χ2v) is 5.04. The highest BCUT2D eigenvalue weighted by Crippen LogP contribution is 2.27. The zero-order valence-electron chi connectivity index (χ0n) is 9.57. The Morgan fingerprint density at radius 3 is 2.69 bits per heavy atom. The van der Waals surface area contributed by atoms with Gasteiger partial charge in [-0.15, -0.1) is 0 Å². The van der Waals surface area contributed by atoms with Gasteiger partial charge in [0.25, 0.3) is 0 Å². The van der Waals surface area contributed by atoms with E-state index in [0.717, 1.165) is 5.56 Å². The second kappa shape index (κ2) is 6.23. The standard InChI is InChI=1S/C12H18BrNO2/c1-8(2)11(15)7-14-6-9-4-3-5-10(13)12(9)16/h3-5,8,11,14-16H,6-7H2,1-2H3. The summed E-state index contributed by atoms with van der Waals surface area (Å²) in [5, 5.41) is 22.4. The van der Waals surface area contributed by atoms with E-state index in [1.54, 1.807) is 6.07 Å². The highest BCUT2D eigenvalue weighted by molar-refractivity contribution is 9.10. The third kappa shape index (κ3) is 3.77. The number of aliphatic hydroxyl groups is 1. The minimum Gasteiger partial charge on any atom is -0.506 e. The van der Waals surface area contributed by atoms with E-state index in [1.807, 2.05) is 26.0 Å². The highest BCUT2D eigenvalue weighted by atomic mass is 79.9. The predicted molar refractivity (Wildman–Crippen MR) is 68.4 cm³/mol. The van der Waals surface area contributed by atoms with Crippen molar-refractivity contribution in [2.75, 3.05) is 6.54 Å². The topological polar surface area (TPSA) is 52.5 Å². The molecule has 1 aromatic rings. The van der Waals surface area contributed by atoms with Gasteiger partial charge in [-0.1, -0.05) is 26.0 Å². The number of phenols is 1. The molecule has 0 saturated heterocycles. The molecule has 0 radical (unpaired) electrons. The largest absolute Gasteiger partial charge is 0.506 e. The van der Waals surface area contributed by atoms with Gasteiger partial charge in [-0.2, -0.15) is 0 Å². The number of phenolic OH excluding ortho intramolecular Hbond substituents is 1. The van der Waals surface area contributed by atoms with Crippen LogP contribution in [0.4, 0.5) is 0 Å². The summed E-state index contributed by atoms with van der Waals surface area (Å²) in [6.07, 6.45) is -0.353. The van der Waals surface area contributed by atoms with E-state index in [2.05, 4.69) is 21.2 Å². The van der Waals surface area contributed by atoms with Gasteiger partial charge < -0.3 is 15.5 Å². The monoisotopic (exact) mass is 287 g/mol. The van der Waals surface area contributed by atoms with Crippen LogP contribution in [-0.4, -0.2) is 22.9 Å². The predicted octanol–water partition coefficient (Wildman–Crippen LogP) is 2.26. The number of hydrogen-bond acceptors (Lipinski definition) is 3. The molecule has 0 bridgehead atoms. The first kappa shape index (κ1) is 13.5. The van der Waals surface area contributed by atoms with Crippen LogP contribution >= 0.6 is 15.9 Å². The minimum atomic E-state index is -0.353. The van der Waals surface area contributed by atoms with Crippen molar-refractivity contribution in [3.05, 3.63) is 28.2 Å². The Bertz CT molecular complexity index is 342. The van der Waals surface area contributed by atoms with Crippen LogP contribution in [0.1, 0.15) is 19.4 Å². The number of para-hydroxylation sites is 1. The molecule has 0 fully saturated rings. The first-order valence-electron chi connectivity index (χ1n) is 5.37. The lowest BCUT2D eigenvalue weighted by molar-refractivity contribution is 0.123. The van der Waals surface area contributed by atoms with Gasteiger partial charge >= 0.3 is 0 Å². The second-order valence-electron chi connectivity index (χ2n) is 4.19. The number of rotatable bonds is 5. The summed E-state index contributed by atoms with van der Waals surface area (Å²) in [5.74, 6) is 0.498. The van der Waals surface area contributed by atoms with Gasteiger partial charge in [0, 0.05) is 18.7 Å². The highest BCUT2D eigenvalue weighted by Gasteiger charge is 2.09. The summed E-state index contributed by atoms with van der Waals surface area (Å²) in [6.45, 7) is 5.03. The molecule has 1 unspecified atom stereocenters. The third-order valence-corrected chi connectivity index (χ3v) is 3.15. The maximum atomic E-state index is 9.72. The average molecular weight is 288 g/mol. The Morgan fingerprint density at radius 2 is 2.06 bits per heavy atom. The fourth-order valence-corrected chi connectivity index (χ4v) is 1.70. The Balaban J connectivity index is 2.46. The van der Waals surface area contributed by atoms with Crippen LogP contribution in [0.5, 0.6) is 5.75 Å². The van der Waals surface area contributed by atoms with Crippen molar-refractivity contribution in [2.45, 2.75) is 26.5 Å². The van der Waals surface area contributed by atoms with E-state index in [9.17, 15) is 10.2 Å². The molecule has 0 heterocycles. The van der Waals surface area contributed by atoms with Crippen molar-refractivity contribution in [3.8, 4) is 5.75 Å². The fourth-order valence-electron chi connectivity index (χ4n) is 1.29. The lowest BCUT2D eigenvalue weighted by Crippen LogP contribution is -2.30. The molecule has 0 amide bonds. The molecule has 16 heavy (non-hydrogen) atoms. The molecule has 0 aromatic heterocycles. The summed E-state index contributed by atoms with van der Waals surface area (Å²) in [7, 11) is 0. The molecule has 0 aliphatic heterocycles. The molecule has 3 nitrogen and oxygen atoms in total. The molecule has 0 aliphatic carbocycles. The van der Waals surface area contributed by atoms with Crippen LogP contribution in [0.25, 0.3) is 0 Å². The Hall–Kier alpha value is -0.580. The van der Waals surface area contributed by atoms with Crippen molar-refractivity contribution >= 4 is 15.9 Å². The zero-order chi connectivity index (χ0) is 12.1. The Morgan fingerprint density at radius 1 is 1.38 bits per heavy atom. The SMILES string of the molecule is CC(C)C(O)CNCc1cccc(Br)c1O. The van der Waals surface area contributed by atoms with Crippen LogP contribution in [0.15, 0.2) is 22.7 Å². The lowest BCUT2D eigenvalue weighted by atomic mass is 10.1. The number of aliphatic hydroxyl groups excluding tert-OH is 1. The van der Waals surface area contributed by atoms with Crippen molar-refractivity contribution in [2.24, 2.45) is 5.92 Å². The number of halogens is 1. The maximum absolute atomic E-state index is 9.72. The van der Waals surface area contributed by atoms with E-state index in [0.29, 0.717) is 17.6 Å². The first-order chi connectivity index (χ1) is 7.52. The molecule has 1 aromatic carbocycles. The molecular formula is C12H18BrNO2. The van der Waals surface area contributed by atoms with Crippen LogP contribution in [0, 0.1) is 5.92 Å². The Kier molecular flexibility index (Phi) is 5.25. The van der Waals surface area contributed by atoms with Crippen LogP contribution < -0.4 is 5.32 Å². The molecule has 1 rings (SSSR count). The van der Waals surface area contributed by atoms with Gasteiger partial charge in [0.15, 0.2) is 0 Å². The van der Waals surface area contributed by atoms with E-state index in [1.165, 1.54) is 0 Å². The maximum Gasteiger partial charge on any atom is 0.134 e. The number of hydrogen-bond donors (Lipinski definition) is 3. The smallest absolute Gasteiger partial charge is 0.134 e. The average Bonchev–Trinajstić information content (AvgIpc) is 2.24. The number of benzene rings is 1. The fraction of sp³-hybridized carbons (Fsp3) is 0.500. The van der Waals surface area contributed by atoms with Crippen molar-refractivity contribution in [1.82, 2.24) is 5.32 Å². The number of aromatic hydroxyl groups is 1. The van der Waals surface area contributed by atoms with Gasteiger partial charge in [-0.05, 0) is 27.9 Å². The van der Waals surface area contributed by atoms with E-state index in [-0.39, 0.29) is 17.8 Å². The summed E-state index contributed by atoms with van der Waals surface area (Å²) in [6, 6.07) is 5.52. The van der Waals surface area contributed by atoms with Crippen LogP contribution in [-0.2, 0) is 6.54 Å². The molecule has 4 heteroatoms. The van der Waals surface area contributed by atoms with Gasteiger partial charge in [-0.25, -0.2) is 0 Å². The molecule has 0 saturated carbocycles. The van der Waals surface area contributed by atoms with E-state index < -0.39 is 0 Å². The van der Waals surface area contributed by atoms with Crippen LogP contribution in [0.3, 0.4) is 0 Å². The molecule has 90 valence electrons. The van der Waals surface area contributed by atoms with Gasteiger partial charge in [0.2, 0.25) is 0 Å². The third-order valence-electron chi connectivity index (χ3n) is 2.51. The van der Waals surface area contributed by atoms with Gasteiger partial charge in [-0.3, -0.25) is 0 Å². The molecule has 0 spiro atoms. The summed E-state index contributed by atoms with van der Waals surface area (Å²) in [5.41, 5.74) is 0.824.